The van der Waals surface area contributed by atoms with E-state index in [1.54, 1.807) is 0 Å². The fraction of sp³-hybridized carbons (Fsp3) is 0.583. The topological polar surface area (TPSA) is 82.5 Å². The minimum Gasteiger partial charge on any atom is -0.481 e. The third kappa shape index (κ3) is 4.52. The van der Waals surface area contributed by atoms with Crippen LogP contribution in [0.1, 0.15) is 10.7 Å². The molecule has 1 saturated heterocycles. The number of aliphatic carboxylic acids is 1. The molecule has 25 heavy (non-hydrogen) atoms. The minimum atomic E-state index is -4.78. The van der Waals surface area contributed by atoms with Gasteiger partial charge in [-0.25, -0.2) is 9.78 Å². The molecule has 1 aliphatic heterocycles. The minimum absolute atomic E-state index is 0.0815. The molecule has 2 N–H and O–H groups in total. The van der Waals surface area contributed by atoms with Gasteiger partial charge in [-0.1, -0.05) is 0 Å². The first-order valence-corrected chi connectivity index (χ1v) is 7.61. The summed E-state index contributed by atoms with van der Waals surface area (Å²) in [6.45, 7) is -1.89. The summed E-state index contributed by atoms with van der Waals surface area (Å²) in [5.41, 5.74) is -1.13. The highest BCUT2D eigenvalue weighted by Crippen LogP contribution is 2.37. The van der Waals surface area contributed by atoms with E-state index in [0.29, 0.717) is 16.2 Å². The number of carbonyl (C=O) groups is 2. The Hall–Kier alpha value is -2.05. The number of hydrogen-bond donors (Lipinski definition) is 2. The molecule has 0 unspecified atom stereocenters. The zero-order valence-electron chi connectivity index (χ0n) is 12.2. The Labute approximate surface area is 140 Å². The molecule has 0 aromatic carbocycles. The first-order valence-electron chi connectivity index (χ1n) is 6.73. The second-order valence-corrected chi connectivity index (χ2v) is 6.22. The summed E-state index contributed by atoms with van der Waals surface area (Å²) < 4.78 is 75.7. The summed E-state index contributed by atoms with van der Waals surface area (Å²) in [6, 6.07) is -0.998. The van der Waals surface area contributed by atoms with Crippen molar-refractivity contribution in [2.75, 3.05) is 13.1 Å². The first-order chi connectivity index (χ1) is 11.4. The average molecular weight is 391 g/mol. The molecule has 1 aromatic rings. The Morgan fingerprint density at radius 1 is 1.28 bits per heavy atom. The number of thiazole rings is 1. The molecule has 2 atom stereocenters. The van der Waals surface area contributed by atoms with Crippen molar-refractivity contribution in [2.24, 2.45) is 11.8 Å². The summed E-state index contributed by atoms with van der Waals surface area (Å²) >= 11 is 0.633. The summed E-state index contributed by atoms with van der Waals surface area (Å²) in [7, 11) is 0. The fourth-order valence-electron chi connectivity index (χ4n) is 2.34. The van der Waals surface area contributed by atoms with Gasteiger partial charge >= 0.3 is 24.4 Å². The largest absolute Gasteiger partial charge is 0.481 e. The van der Waals surface area contributed by atoms with Gasteiger partial charge in [0.25, 0.3) is 0 Å². The van der Waals surface area contributed by atoms with Crippen LogP contribution in [-0.4, -0.2) is 46.3 Å². The van der Waals surface area contributed by atoms with Gasteiger partial charge in [0.1, 0.15) is 5.01 Å². The van der Waals surface area contributed by atoms with E-state index in [-0.39, 0.29) is 5.01 Å². The lowest BCUT2D eigenvalue weighted by Crippen LogP contribution is -2.39. The zero-order chi connectivity index (χ0) is 19.0. The van der Waals surface area contributed by atoms with Crippen LogP contribution in [0, 0.1) is 11.8 Å². The molecule has 140 valence electrons. The van der Waals surface area contributed by atoms with Crippen LogP contribution < -0.4 is 5.32 Å². The molecular formula is C12H11F6N3O3S. The number of nitrogens with zero attached hydrogens (tertiary/aromatic N) is 2. The van der Waals surface area contributed by atoms with Crippen molar-refractivity contribution in [3.63, 3.8) is 0 Å². The Balaban J connectivity index is 1.97. The zero-order valence-corrected chi connectivity index (χ0v) is 13.0. The molecule has 2 heterocycles. The molecular weight excluding hydrogens is 380 g/mol. The monoisotopic (exact) mass is 391 g/mol. The number of rotatable bonds is 3. The Morgan fingerprint density at radius 3 is 2.36 bits per heavy atom. The van der Waals surface area contributed by atoms with E-state index >= 15 is 0 Å². The number of amides is 2. The van der Waals surface area contributed by atoms with Gasteiger partial charge < -0.3 is 15.3 Å². The van der Waals surface area contributed by atoms with Crippen molar-refractivity contribution >= 4 is 23.3 Å². The van der Waals surface area contributed by atoms with E-state index in [9.17, 15) is 35.9 Å². The van der Waals surface area contributed by atoms with Gasteiger partial charge in [0, 0.05) is 18.5 Å². The summed E-state index contributed by atoms with van der Waals surface area (Å²) in [5, 5.41) is 11.7. The lowest BCUT2D eigenvalue weighted by molar-refractivity contribution is -0.187. The normalized spacial score (nSPS) is 21.4. The summed E-state index contributed by atoms with van der Waals surface area (Å²) in [6.07, 6.45) is -9.42. The maximum Gasteiger partial charge on any atom is 0.434 e. The van der Waals surface area contributed by atoms with Crippen LogP contribution in [0.2, 0.25) is 0 Å². The Morgan fingerprint density at radius 2 is 1.92 bits per heavy atom. The third-order valence-corrected chi connectivity index (χ3v) is 4.43. The van der Waals surface area contributed by atoms with Crippen LogP contribution in [0.15, 0.2) is 5.38 Å². The predicted octanol–water partition coefficient (Wildman–Crippen LogP) is 2.57. The van der Waals surface area contributed by atoms with Gasteiger partial charge in [-0.3, -0.25) is 4.79 Å². The number of aromatic nitrogens is 1. The summed E-state index contributed by atoms with van der Waals surface area (Å²) in [4.78, 5) is 26.7. The quantitative estimate of drug-likeness (QED) is 0.776. The Bertz CT molecular complexity index is 659. The number of alkyl halides is 6. The number of nitrogens with one attached hydrogen (secondary N) is 1. The van der Waals surface area contributed by atoms with Crippen molar-refractivity contribution < 1.29 is 41.0 Å². The van der Waals surface area contributed by atoms with Crippen molar-refractivity contribution in [3.8, 4) is 0 Å². The lowest BCUT2D eigenvalue weighted by atomic mass is 9.96. The smallest absolute Gasteiger partial charge is 0.434 e. The van der Waals surface area contributed by atoms with Crippen LogP contribution in [0.25, 0.3) is 0 Å². The van der Waals surface area contributed by atoms with Crippen LogP contribution in [-0.2, 0) is 17.5 Å². The molecule has 1 aromatic heterocycles. The molecule has 0 saturated carbocycles. The number of carboxylic acid groups (broad SMARTS) is 1. The molecule has 0 radical (unpaired) electrons. The van der Waals surface area contributed by atoms with Gasteiger partial charge in [-0.15, -0.1) is 11.3 Å². The second-order valence-electron chi connectivity index (χ2n) is 5.28. The maximum atomic E-state index is 12.8. The number of likely N-dealkylation sites (tertiary alicyclic amines) is 1. The van der Waals surface area contributed by atoms with E-state index in [2.05, 4.69) is 10.3 Å². The predicted molar refractivity (Wildman–Crippen MR) is 71.6 cm³/mol. The number of carbonyl (C=O) groups excluding carboxylic acids is 1. The Kier molecular flexibility index (Phi) is 5.16. The highest BCUT2D eigenvalue weighted by Gasteiger charge is 2.53. The fourth-order valence-corrected chi connectivity index (χ4v) is 3.08. The molecule has 0 aliphatic carbocycles. The van der Waals surface area contributed by atoms with Gasteiger partial charge in [0.15, 0.2) is 5.69 Å². The van der Waals surface area contributed by atoms with Crippen LogP contribution in [0.3, 0.4) is 0 Å². The van der Waals surface area contributed by atoms with Gasteiger partial charge in [0.2, 0.25) is 0 Å². The number of urea groups is 1. The SMILES string of the molecule is O=C(O)[C@@H]1CN(C(=O)NCc2nc(C(F)(F)F)cs2)C[C@H]1C(F)(F)F. The van der Waals surface area contributed by atoms with E-state index in [1.165, 1.54) is 0 Å². The number of carboxylic acids is 1. The summed E-state index contributed by atoms with van der Waals surface area (Å²) in [5.74, 6) is -5.66. The van der Waals surface area contributed by atoms with E-state index in [1.807, 2.05) is 0 Å². The highest BCUT2D eigenvalue weighted by molar-refractivity contribution is 7.09. The van der Waals surface area contributed by atoms with E-state index in [4.69, 9.17) is 5.11 Å². The first kappa shape index (κ1) is 19.3. The number of hydrogen-bond acceptors (Lipinski definition) is 4. The molecule has 13 heteroatoms. The molecule has 2 rings (SSSR count). The molecule has 2 amide bonds. The molecule has 0 spiro atoms. The van der Waals surface area contributed by atoms with Crippen LogP contribution in [0.4, 0.5) is 31.1 Å². The molecule has 1 aliphatic rings. The highest BCUT2D eigenvalue weighted by atomic mass is 32.1. The van der Waals surface area contributed by atoms with Gasteiger partial charge in [0.05, 0.1) is 18.4 Å². The maximum absolute atomic E-state index is 12.8. The van der Waals surface area contributed by atoms with Gasteiger partial charge in [-0.05, 0) is 0 Å². The molecule has 1 fully saturated rings. The molecule has 6 nitrogen and oxygen atoms in total. The van der Waals surface area contributed by atoms with Crippen molar-refractivity contribution in [1.82, 2.24) is 15.2 Å². The number of halogens is 6. The lowest BCUT2D eigenvalue weighted by Gasteiger charge is -2.18. The van der Waals surface area contributed by atoms with Gasteiger partial charge in [-0.2, -0.15) is 26.3 Å². The van der Waals surface area contributed by atoms with Crippen molar-refractivity contribution in [1.29, 1.82) is 0 Å². The van der Waals surface area contributed by atoms with Crippen LogP contribution >= 0.6 is 11.3 Å². The standard InChI is InChI=1S/C12H11F6N3O3S/c13-11(14,15)6-3-21(2-5(6)9(22)23)10(24)19-1-8-20-7(4-25-8)12(16,17)18/h4-6H,1-3H2,(H,19,24)(H,22,23)/t5-,6-/m1/s1. The molecule has 0 bridgehead atoms. The van der Waals surface area contributed by atoms with Crippen molar-refractivity contribution in [3.05, 3.63) is 16.1 Å². The van der Waals surface area contributed by atoms with E-state index < -0.39 is 61.5 Å². The average Bonchev–Trinajstić information content (AvgIpc) is 3.10. The second kappa shape index (κ2) is 6.69. The van der Waals surface area contributed by atoms with Crippen LogP contribution in [0.5, 0.6) is 0 Å². The van der Waals surface area contributed by atoms with E-state index in [0.717, 1.165) is 5.38 Å². The van der Waals surface area contributed by atoms with Crippen molar-refractivity contribution in [2.45, 2.75) is 18.9 Å². The third-order valence-electron chi connectivity index (χ3n) is 3.58.